The molecule has 5 rings (SSSR count). The normalized spacial score (nSPS) is 28.2. The van der Waals surface area contributed by atoms with Gasteiger partial charge in [-0.1, -0.05) is 13.8 Å². The topological polar surface area (TPSA) is 78.4 Å². The van der Waals surface area contributed by atoms with Crippen molar-refractivity contribution in [2.75, 3.05) is 32.0 Å². The number of pyridine rings is 1. The van der Waals surface area contributed by atoms with Gasteiger partial charge < -0.3 is 19.8 Å². The number of ether oxygens (including phenoxy) is 2. The summed E-state index contributed by atoms with van der Waals surface area (Å²) >= 11 is 0. The lowest BCUT2D eigenvalue weighted by Gasteiger charge is -2.33. The molecule has 3 heterocycles. The number of nitrogens with two attached hydrogens (primary N) is 1. The summed E-state index contributed by atoms with van der Waals surface area (Å²) in [6, 6.07) is 2.28. The molecule has 2 aliphatic carbocycles. The zero-order valence-electron chi connectivity index (χ0n) is 18.2. The summed E-state index contributed by atoms with van der Waals surface area (Å²) in [5.74, 6) is 1.56. The second kappa shape index (κ2) is 7.91. The molecule has 0 unspecified atom stereocenters. The number of hydrogen-bond acceptors (Lipinski definition) is 6. The van der Waals surface area contributed by atoms with E-state index in [2.05, 4.69) is 33.0 Å². The van der Waals surface area contributed by atoms with Crippen LogP contribution in [0.25, 0.3) is 11.3 Å². The first-order valence-electron chi connectivity index (χ1n) is 11.1. The van der Waals surface area contributed by atoms with E-state index in [0.717, 1.165) is 32.1 Å². The number of halogens is 3. The Morgan fingerprint density at radius 1 is 1.19 bits per heavy atom. The van der Waals surface area contributed by atoms with Crippen LogP contribution in [-0.4, -0.2) is 58.1 Å². The maximum atomic E-state index is 12.7. The summed E-state index contributed by atoms with van der Waals surface area (Å²) in [5.41, 5.74) is 6.62. The van der Waals surface area contributed by atoms with E-state index in [1.807, 2.05) is 6.20 Å². The molecule has 3 fully saturated rings. The lowest BCUT2D eigenvalue weighted by molar-refractivity contribution is -0.274. The highest BCUT2D eigenvalue weighted by Crippen LogP contribution is 2.62. The number of fused-ring (bicyclic) bond motifs is 1. The van der Waals surface area contributed by atoms with Crippen molar-refractivity contribution in [1.29, 1.82) is 0 Å². The Bertz CT molecular complexity index is 974. The van der Waals surface area contributed by atoms with E-state index in [4.69, 9.17) is 15.5 Å². The minimum absolute atomic E-state index is 0.188. The molecule has 2 aromatic rings. The highest BCUT2D eigenvalue weighted by atomic mass is 19.4. The largest absolute Gasteiger partial charge is 0.573 e. The van der Waals surface area contributed by atoms with E-state index < -0.39 is 12.1 Å². The average Bonchev–Trinajstić information content (AvgIpc) is 3.09. The molecule has 0 bridgehead atoms. The third kappa shape index (κ3) is 4.05. The molecule has 1 aliphatic heterocycles. The molecule has 4 atom stereocenters. The van der Waals surface area contributed by atoms with Gasteiger partial charge in [-0.2, -0.15) is 0 Å². The quantitative estimate of drug-likeness (QED) is 0.745. The van der Waals surface area contributed by atoms with E-state index in [9.17, 15) is 13.2 Å². The monoisotopic (exact) mass is 451 g/mol. The first kappa shape index (κ1) is 21.5. The molecular weight excluding hydrogens is 423 g/mol. The standard InChI is InChI=1S/C22H28F3N5O2/c1-12(2)21-28-17(13-7-18(20(26)27-10-13)32-22(23,24)25)11-30(21)19-15-8-14(9-16(15)19)29-3-5-31-6-4-29/h7,10-12,14-16,19H,3-6,8-9H2,1-2H3,(H2,26,27)/t14-,15-,16+,19+. The van der Waals surface area contributed by atoms with Gasteiger partial charge in [-0.3, -0.25) is 4.90 Å². The van der Waals surface area contributed by atoms with Crippen molar-refractivity contribution in [1.82, 2.24) is 19.4 Å². The molecule has 174 valence electrons. The lowest BCUT2D eigenvalue weighted by Crippen LogP contribution is -2.43. The fourth-order valence-corrected chi connectivity index (χ4v) is 5.45. The van der Waals surface area contributed by atoms with Crippen molar-refractivity contribution in [2.24, 2.45) is 11.8 Å². The highest BCUT2D eigenvalue weighted by molar-refractivity contribution is 5.64. The van der Waals surface area contributed by atoms with Gasteiger partial charge in [0, 0.05) is 49.0 Å². The SMILES string of the molecule is CC(C)c1nc(-c2cnc(N)c(OC(F)(F)F)c2)cn1[C@H]1[C@@H]2C[C@@H](N3CCOCC3)C[C@@H]21. The van der Waals surface area contributed by atoms with Gasteiger partial charge in [-0.05, 0) is 30.7 Å². The van der Waals surface area contributed by atoms with Gasteiger partial charge in [-0.25, -0.2) is 9.97 Å². The molecule has 2 N–H and O–H groups in total. The molecular formula is C22H28F3N5O2. The van der Waals surface area contributed by atoms with Crippen molar-refractivity contribution in [3.63, 3.8) is 0 Å². The van der Waals surface area contributed by atoms with Crippen LogP contribution >= 0.6 is 0 Å². The molecule has 0 radical (unpaired) electrons. The Hall–Kier alpha value is -2.33. The molecule has 0 aromatic carbocycles. The van der Waals surface area contributed by atoms with Crippen molar-refractivity contribution in [3.05, 3.63) is 24.3 Å². The van der Waals surface area contributed by atoms with Gasteiger partial charge in [0.2, 0.25) is 0 Å². The summed E-state index contributed by atoms with van der Waals surface area (Å²) in [4.78, 5) is 11.2. The van der Waals surface area contributed by atoms with Crippen LogP contribution in [0.5, 0.6) is 5.75 Å². The van der Waals surface area contributed by atoms with Gasteiger partial charge in [-0.15, -0.1) is 13.2 Å². The van der Waals surface area contributed by atoms with E-state index in [-0.39, 0.29) is 11.7 Å². The summed E-state index contributed by atoms with van der Waals surface area (Å²) in [5, 5.41) is 0. The predicted octanol–water partition coefficient (Wildman–Crippen LogP) is 3.83. The molecule has 1 saturated heterocycles. The van der Waals surface area contributed by atoms with Crippen LogP contribution in [0.15, 0.2) is 18.5 Å². The van der Waals surface area contributed by atoms with Crippen LogP contribution < -0.4 is 10.5 Å². The van der Waals surface area contributed by atoms with Crippen LogP contribution in [0.1, 0.15) is 44.5 Å². The number of nitrogen functional groups attached to an aromatic ring is 1. The summed E-state index contributed by atoms with van der Waals surface area (Å²) in [6.07, 6.45) is 0.907. The van der Waals surface area contributed by atoms with Crippen molar-refractivity contribution >= 4 is 5.82 Å². The van der Waals surface area contributed by atoms with Crippen LogP contribution in [0.3, 0.4) is 0 Å². The number of imidazole rings is 1. The number of nitrogens with zero attached hydrogens (tertiary/aromatic N) is 4. The minimum atomic E-state index is -4.83. The fraction of sp³-hybridized carbons (Fsp3) is 0.636. The Morgan fingerprint density at radius 3 is 2.50 bits per heavy atom. The first-order valence-corrected chi connectivity index (χ1v) is 11.1. The number of morpholine rings is 1. The highest BCUT2D eigenvalue weighted by Gasteiger charge is 2.58. The van der Waals surface area contributed by atoms with Crippen molar-refractivity contribution < 1.29 is 22.6 Å². The molecule has 32 heavy (non-hydrogen) atoms. The molecule has 10 heteroatoms. The number of aromatic nitrogens is 3. The number of anilines is 1. The molecule has 3 aliphatic rings. The maximum Gasteiger partial charge on any atom is 0.573 e. The maximum absolute atomic E-state index is 12.7. The average molecular weight is 451 g/mol. The predicted molar refractivity (Wildman–Crippen MR) is 112 cm³/mol. The Kier molecular flexibility index (Phi) is 5.32. The second-order valence-corrected chi connectivity index (χ2v) is 9.29. The van der Waals surface area contributed by atoms with Crippen LogP contribution in [-0.2, 0) is 4.74 Å². The van der Waals surface area contributed by atoms with Crippen molar-refractivity contribution in [2.45, 2.75) is 51.1 Å². The van der Waals surface area contributed by atoms with E-state index >= 15 is 0 Å². The Balaban J connectivity index is 1.36. The summed E-state index contributed by atoms with van der Waals surface area (Å²) in [6.45, 7) is 7.80. The van der Waals surface area contributed by atoms with Gasteiger partial charge >= 0.3 is 6.36 Å². The lowest BCUT2D eigenvalue weighted by atomic mass is 10.1. The van der Waals surface area contributed by atoms with Gasteiger partial charge in [0.1, 0.15) is 5.82 Å². The fourth-order valence-electron chi connectivity index (χ4n) is 5.45. The number of rotatable bonds is 5. The van der Waals surface area contributed by atoms with Gasteiger partial charge in [0.25, 0.3) is 0 Å². The smallest absolute Gasteiger partial charge is 0.402 e. The third-order valence-electron chi connectivity index (χ3n) is 6.94. The molecule has 0 spiro atoms. The summed E-state index contributed by atoms with van der Waals surface area (Å²) < 4.78 is 49.9. The second-order valence-electron chi connectivity index (χ2n) is 9.29. The molecule has 2 saturated carbocycles. The van der Waals surface area contributed by atoms with Crippen LogP contribution in [0.4, 0.5) is 19.0 Å². The molecule has 0 amide bonds. The number of hydrogen-bond donors (Lipinski definition) is 1. The first-order chi connectivity index (χ1) is 15.2. The minimum Gasteiger partial charge on any atom is -0.402 e. The van der Waals surface area contributed by atoms with Crippen LogP contribution in [0, 0.1) is 11.8 Å². The summed E-state index contributed by atoms with van der Waals surface area (Å²) in [7, 11) is 0. The van der Waals surface area contributed by atoms with Crippen molar-refractivity contribution in [3.8, 4) is 17.0 Å². The van der Waals surface area contributed by atoms with E-state index in [1.165, 1.54) is 25.1 Å². The zero-order valence-corrected chi connectivity index (χ0v) is 18.2. The van der Waals surface area contributed by atoms with Gasteiger partial charge in [0.05, 0.1) is 18.9 Å². The van der Waals surface area contributed by atoms with Gasteiger partial charge in [0.15, 0.2) is 11.6 Å². The Morgan fingerprint density at radius 2 is 1.88 bits per heavy atom. The third-order valence-corrected chi connectivity index (χ3v) is 6.94. The zero-order chi connectivity index (χ0) is 22.6. The van der Waals surface area contributed by atoms with E-state index in [1.54, 1.807) is 0 Å². The van der Waals surface area contributed by atoms with E-state index in [0.29, 0.717) is 35.2 Å². The number of alkyl halides is 3. The molecule has 2 aromatic heterocycles. The van der Waals surface area contributed by atoms with Crippen LogP contribution in [0.2, 0.25) is 0 Å². The molecule has 7 nitrogen and oxygen atoms in total. The Labute approximate surface area is 184 Å².